The maximum absolute atomic E-state index is 5.58. The number of morpholine rings is 1. The molecule has 3 aliphatic rings. The van der Waals surface area contributed by atoms with Crippen LogP contribution in [0.4, 0.5) is 0 Å². The standard InChI is InChI=1S/C5H10N2O/c6-7-4-1-5(7)3-8-2-4/h4-5H,1-3,6H2. The molecule has 0 spiro atoms. The van der Waals surface area contributed by atoms with Gasteiger partial charge in [0.15, 0.2) is 0 Å². The van der Waals surface area contributed by atoms with Gasteiger partial charge in [-0.2, -0.15) is 0 Å². The lowest BCUT2D eigenvalue weighted by molar-refractivity contribution is -0.128. The molecule has 8 heavy (non-hydrogen) atoms. The molecule has 3 heterocycles. The molecule has 0 radical (unpaired) electrons. The van der Waals surface area contributed by atoms with Gasteiger partial charge in [-0.05, 0) is 6.42 Å². The van der Waals surface area contributed by atoms with Crippen LogP contribution in [0.15, 0.2) is 0 Å². The van der Waals surface area contributed by atoms with E-state index in [2.05, 4.69) is 0 Å². The fourth-order valence-electron chi connectivity index (χ4n) is 1.37. The lowest BCUT2D eigenvalue weighted by Gasteiger charge is -2.49. The van der Waals surface area contributed by atoms with Crippen LogP contribution >= 0.6 is 0 Å². The average molecular weight is 114 g/mol. The van der Waals surface area contributed by atoms with Crippen molar-refractivity contribution >= 4 is 0 Å². The summed E-state index contributed by atoms with van der Waals surface area (Å²) in [6.45, 7) is 1.68. The second-order valence-electron chi connectivity index (χ2n) is 2.53. The lowest BCUT2D eigenvalue weighted by atomic mass is 9.95. The maximum atomic E-state index is 5.58. The largest absolute Gasteiger partial charge is 0.378 e. The molecule has 3 fully saturated rings. The molecule has 3 heteroatoms. The Morgan fingerprint density at radius 3 is 2.25 bits per heavy atom. The predicted octanol–water partition coefficient (Wildman–Crippen LogP) is -0.667. The molecule has 0 amide bonds. The number of hydrogen-bond donors (Lipinski definition) is 1. The van der Waals surface area contributed by atoms with Gasteiger partial charge in [-0.15, -0.1) is 0 Å². The number of ether oxygens (including phenoxy) is 1. The zero-order valence-corrected chi connectivity index (χ0v) is 4.71. The van der Waals surface area contributed by atoms with E-state index in [-0.39, 0.29) is 0 Å². The molecule has 0 aromatic rings. The van der Waals surface area contributed by atoms with Crippen LogP contribution in [0.3, 0.4) is 0 Å². The molecule has 2 unspecified atom stereocenters. The number of nitrogens with two attached hydrogens (primary N) is 1. The van der Waals surface area contributed by atoms with E-state index in [1.165, 1.54) is 6.42 Å². The van der Waals surface area contributed by atoms with E-state index in [4.69, 9.17) is 10.6 Å². The number of nitrogens with zero attached hydrogens (tertiary/aromatic N) is 1. The van der Waals surface area contributed by atoms with Crippen molar-refractivity contribution in [3.8, 4) is 0 Å². The van der Waals surface area contributed by atoms with Gasteiger partial charge in [-0.1, -0.05) is 0 Å². The highest BCUT2D eigenvalue weighted by Crippen LogP contribution is 2.26. The number of fused-ring (bicyclic) bond motifs is 2. The van der Waals surface area contributed by atoms with Crippen molar-refractivity contribution in [3.05, 3.63) is 0 Å². The average Bonchev–Trinajstić information content (AvgIpc) is 1.89. The third-order valence-electron chi connectivity index (χ3n) is 2.01. The van der Waals surface area contributed by atoms with E-state index in [1.54, 1.807) is 0 Å². The van der Waals surface area contributed by atoms with Crippen molar-refractivity contribution in [2.24, 2.45) is 5.84 Å². The topological polar surface area (TPSA) is 38.5 Å². The van der Waals surface area contributed by atoms with Gasteiger partial charge in [0.1, 0.15) is 0 Å². The van der Waals surface area contributed by atoms with Gasteiger partial charge in [-0.3, -0.25) is 5.84 Å². The van der Waals surface area contributed by atoms with Gasteiger partial charge in [0.2, 0.25) is 0 Å². The van der Waals surface area contributed by atoms with Crippen LogP contribution in [-0.4, -0.2) is 30.3 Å². The van der Waals surface area contributed by atoms with Gasteiger partial charge >= 0.3 is 0 Å². The minimum atomic E-state index is 0.536. The minimum absolute atomic E-state index is 0.536. The van der Waals surface area contributed by atoms with Crippen LogP contribution in [0.2, 0.25) is 0 Å². The molecule has 3 saturated heterocycles. The lowest BCUT2D eigenvalue weighted by Crippen LogP contribution is -2.66. The highest BCUT2D eigenvalue weighted by Gasteiger charge is 2.40. The first-order chi connectivity index (χ1) is 3.88. The summed E-state index contributed by atoms with van der Waals surface area (Å²) in [6, 6.07) is 1.07. The van der Waals surface area contributed by atoms with Crippen molar-refractivity contribution in [1.82, 2.24) is 5.01 Å². The van der Waals surface area contributed by atoms with E-state index in [1.807, 2.05) is 5.01 Å². The van der Waals surface area contributed by atoms with Crippen LogP contribution in [0, 0.1) is 0 Å². The molecule has 2 bridgehead atoms. The monoisotopic (exact) mass is 114 g/mol. The molecule has 3 rings (SSSR count). The third kappa shape index (κ3) is 0.438. The molecule has 3 aliphatic heterocycles. The van der Waals surface area contributed by atoms with Crippen LogP contribution in [-0.2, 0) is 4.74 Å². The van der Waals surface area contributed by atoms with E-state index in [9.17, 15) is 0 Å². The van der Waals surface area contributed by atoms with Gasteiger partial charge < -0.3 is 4.74 Å². The van der Waals surface area contributed by atoms with E-state index in [0.717, 1.165) is 13.2 Å². The summed E-state index contributed by atoms with van der Waals surface area (Å²) in [5.41, 5.74) is 0. The summed E-state index contributed by atoms with van der Waals surface area (Å²) in [5.74, 6) is 5.58. The molecule has 46 valence electrons. The zero-order valence-electron chi connectivity index (χ0n) is 4.71. The quantitative estimate of drug-likeness (QED) is 0.425. The van der Waals surface area contributed by atoms with Crippen LogP contribution in [0.5, 0.6) is 0 Å². The van der Waals surface area contributed by atoms with Gasteiger partial charge in [0, 0.05) is 12.1 Å². The molecular weight excluding hydrogens is 104 g/mol. The number of hydrogen-bond acceptors (Lipinski definition) is 3. The number of rotatable bonds is 0. The van der Waals surface area contributed by atoms with Gasteiger partial charge in [0.25, 0.3) is 0 Å². The summed E-state index contributed by atoms with van der Waals surface area (Å²) >= 11 is 0. The van der Waals surface area contributed by atoms with Crippen LogP contribution < -0.4 is 5.84 Å². The smallest absolute Gasteiger partial charge is 0.0637 e. The summed E-state index contributed by atoms with van der Waals surface area (Å²) in [6.07, 6.45) is 1.25. The Labute approximate surface area is 48.4 Å². The molecule has 3 nitrogen and oxygen atoms in total. The highest BCUT2D eigenvalue weighted by molar-refractivity contribution is 4.92. The highest BCUT2D eigenvalue weighted by atomic mass is 16.5. The van der Waals surface area contributed by atoms with Crippen molar-refractivity contribution in [2.75, 3.05) is 13.2 Å². The molecule has 0 aromatic heterocycles. The zero-order chi connectivity index (χ0) is 5.56. The Kier molecular flexibility index (Phi) is 0.848. The van der Waals surface area contributed by atoms with Gasteiger partial charge in [-0.25, -0.2) is 5.01 Å². The second-order valence-corrected chi connectivity index (χ2v) is 2.53. The normalized spacial score (nSPS) is 46.1. The molecule has 0 aromatic carbocycles. The SMILES string of the molecule is NN1C2COCC1C2. The summed E-state index contributed by atoms with van der Waals surface area (Å²) in [4.78, 5) is 0. The first kappa shape index (κ1) is 4.73. The summed E-state index contributed by atoms with van der Waals surface area (Å²) in [5, 5.41) is 1.91. The summed E-state index contributed by atoms with van der Waals surface area (Å²) < 4.78 is 5.18. The first-order valence-electron chi connectivity index (χ1n) is 2.98. The van der Waals surface area contributed by atoms with Crippen molar-refractivity contribution in [3.63, 3.8) is 0 Å². The Balaban J connectivity index is 2.03. The fourth-order valence-corrected chi connectivity index (χ4v) is 1.37. The first-order valence-corrected chi connectivity index (χ1v) is 2.98. The predicted molar refractivity (Wildman–Crippen MR) is 29.0 cm³/mol. The molecule has 2 atom stereocenters. The van der Waals surface area contributed by atoms with E-state index in [0.29, 0.717) is 12.1 Å². The van der Waals surface area contributed by atoms with E-state index < -0.39 is 0 Å². The second kappa shape index (κ2) is 1.43. The van der Waals surface area contributed by atoms with Crippen molar-refractivity contribution in [1.29, 1.82) is 0 Å². The Bertz CT molecular complexity index is 92.6. The van der Waals surface area contributed by atoms with Gasteiger partial charge in [0.05, 0.1) is 13.2 Å². The van der Waals surface area contributed by atoms with Crippen molar-refractivity contribution in [2.45, 2.75) is 18.5 Å². The van der Waals surface area contributed by atoms with Crippen LogP contribution in [0.1, 0.15) is 6.42 Å². The number of hydrazine groups is 1. The maximum Gasteiger partial charge on any atom is 0.0637 e. The molecule has 0 aliphatic carbocycles. The Morgan fingerprint density at radius 2 is 2.00 bits per heavy atom. The Hall–Kier alpha value is -0.120. The fraction of sp³-hybridized carbons (Fsp3) is 1.00. The summed E-state index contributed by atoms with van der Waals surface area (Å²) in [7, 11) is 0. The Morgan fingerprint density at radius 1 is 1.38 bits per heavy atom. The molecule has 0 saturated carbocycles. The van der Waals surface area contributed by atoms with Crippen LogP contribution in [0.25, 0.3) is 0 Å². The van der Waals surface area contributed by atoms with E-state index >= 15 is 0 Å². The van der Waals surface area contributed by atoms with Crippen molar-refractivity contribution < 1.29 is 4.74 Å². The minimum Gasteiger partial charge on any atom is -0.378 e. The third-order valence-corrected chi connectivity index (χ3v) is 2.01. The molecule has 2 N–H and O–H groups in total. The molecular formula is C5H10N2O.